The number of nitrogens with two attached hydrogens (primary N) is 1. The Hall–Kier alpha value is -1.68. The van der Waals surface area contributed by atoms with Gasteiger partial charge in [-0.15, -0.1) is 0 Å². The van der Waals surface area contributed by atoms with Gasteiger partial charge >= 0.3 is 0 Å². The van der Waals surface area contributed by atoms with Gasteiger partial charge in [0.25, 0.3) is 0 Å². The average molecular weight is 349 g/mol. The third-order valence-electron chi connectivity index (χ3n) is 3.36. The van der Waals surface area contributed by atoms with E-state index in [-0.39, 0.29) is 0 Å². The molecular weight excluding hydrogens is 328 g/mol. The number of halogens is 1. The lowest BCUT2D eigenvalue weighted by molar-refractivity contribution is 0.409. The molecule has 2 aromatic carbocycles. The quantitative estimate of drug-likeness (QED) is 0.783. The Balaban J connectivity index is 2.27. The van der Waals surface area contributed by atoms with E-state index in [0.717, 1.165) is 41.0 Å². The van der Waals surface area contributed by atoms with E-state index < -0.39 is 0 Å². The molecule has 0 spiro atoms. The number of hydrogen-bond donors (Lipinski definition) is 1. The van der Waals surface area contributed by atoms with E-state index in [2.05, 4.69) is 46.0 Å². The second-order valence-corrected chi connectivity index (χ2v) is 5.88. The van der Waals surface area contributed by atoms with E-state index in [1.807, 2.05) is 24.3 Å². The third-order valence-corrected chi connectivity index (χ3v) is 3.85. The van der Waals surface area contributed by atoms with Gasteiger partial charge in [-0.2, -0.15) is 0 Å². The van der Waals surface area contributed by atoms with Crippen LogP contribution in [0, 0.1) is 0 Å². The summed E-state index contributed by atoms with van der Waals surface area (Å²) < 4.78 is 6.53. The largest absolute Gasteiger partial charge is 0.496 e. The van der Waals surface area contributed by atoms with Crippen molar-refractivity contribution >= 4 is 27.3 Å². The third kappa shape index (κ3) is 4.14. The molecule has 21 heavy (non-hydrogen) atoms. The maximum absolute atomic E-state index is 5.77. The van der Waals surface area contributed by atoms with Crippen LogP contribution in [-0.2, 0) is 6.54 Å². The fraction of sp³-hybridized carbons (Fsp3) is 0.294. The van der Waals surface area contributed by atoms with Gasteiger partial charge < -0.3 is 15.4 Å². The minimum atomic E-state index is 0.787. The zero-order valence-corrected chi connectivity index (χ0v) is 14.1. The molecule has 0 aromatic heterocycles. The molecule has 2 aromatic rings. The minimum absolute atomic E-state index is 0.787. The van der Waals surface area contributed by atoms with Crippen LogP contribution in [0.25, 0.3) is 0 Å². The Kier molecular flexibility index (Phi) is 5.51. The lowest BCUT2D eigenvalue weighted by Gasteiger charge is -2.25. The fourth-order valence-electron chi connectivity index (χ4n) is 2.33. The molecule has 0 amide bonds. The van der Waals surface area contributed by atoms with Gasteiger partial charge in [0, 0.05) is 34.5 Å². The van der Waals surface area contributed by atoms with Gasteiger partial charge in [0.2, 0.25) is 0 Å². The standard InChI is InChI=1S/C17H21BrN2O/c1-3-10-20(16-7-5-15(19)6-8-16)12-13-11-14(18)4-9-17(13)21-2/h4-9,11H,3,10,12,19H2,1-2H3. The second kappa shape index (κ2) is 7.36. The summed E-state index contributed by atoms with van der Waals surface area (Å²) in [6, 6.07) is 14.1. The van der Waals surface area contributed by atoms with E-state index in [0.29, 0.717) is 0 Å². The lowest BCUT2D eigenvalue weighted by atomic mass is 10.1. The highest BCUT2D eigenvalue weighted by Crippen LogP contribution is 2.27. The maximum atomic E-state index is 5.77. The number of nitrogens with zero attached hydrogens (tertiary/aromatic N) is 1. The highest BCUT2D eigenvalue weighted by Gasteiger charge is 2.11. The molecule has 2 rings (SSSR count). The molecule has 112 valence electrons. The van der Waals surface area contributed by atoms with Crippen LogP contribution in [0.5, 0.6) is 5.75 Å². The Bertz CT molecular complexity index is 584. The maximum Gasteiger partial charge on any atom is 0.123 e. The van der Waals surface area contributed by atoms with Crippen molar-refractivity contribution in [3.63, 3.8) is 0 Å². The van der Waals surface area contributed by atoms with Gasteiger partial charge in [-0.1, -0.05) is 22.9 Å². The average Bonchev–Trinajstić information content (AvgIpc) is 2.48. The fourth-order valence-corrected chi connectivity index (χ4v) is 2.74. The Morgan fingerprint density at radius 1 is 1.14 bits per heavy atom. The van der Waals surface area contributed by atoms with E-state index in [4.69, 9.17) is 10.5 Å². The summed E-state index contributed by atoms with van der Waals surface area (Å²) in [5.74, 6) is 0.912. The van der Waals surface area contributed by atoms with E-state index in [1.54, 1.807) is 7.11 Å². The van der Waals surface area contributed by atoms with Crippen molar-refractivity contribution in [2.45, 2.75) is 19.9 Å². The molecule has 0 aliphatic rings. The van der Waals surface area contributed by atoms with Crippen LogP contribution in [0.3, 0.4) is 0 Å². The summed E-state index contributed by atoms with van der Waals surface area (Å²) >= 11 is 3.53. The molecule has 0 heterocycles. The zero-order valence-electron chi connectivity index (χ0n) is 12.5. The monoisotopic (exact) mass is 348 g/mol. The van der Waals surface area contributed by atoms with Crippen molar-refractivity contribution < 1.29 is 4.74 Å². The first-order valence-electron chi connectivity index (χ1n) is 7.07. The number of ether oxygens (including phenoxy) is 1. The van der Waals surface area contributed by atoms with Crippen LogP contribution in [-0.4, -0.2) is 13.7 Å². The molecule has 0 aliphatic carbocycles. The van der Waals surface area contributed by atoms with Crippen molar-refractivity contribution in [2.24, 2.45) is 0 Å². The van der Waals surface area contributed by atoms with Crippen LogP contribution in [0.4, 0.5) is 11.4 Å². The number of benzene rings is 2. The van der Waals surface area contributed by atoms with Crippen LogP contribution in [0.15, 0.2) is 46.9 Å². The summed E-state index contributed by atoms with van der Waals surface area (Å²) in [5, 5.41) is 0. The molecule has 0 saturated heterocycles. The van der Waals surface area contributed by atoms with E-state index >= 15 is 0 Å². The van der Waals surface area contributed by atoms with Gasteiger partial charge in [-0.25, -0.2) is 0 Å². The van der Waals surface area contributed by atoms with Gasteiger partial charge in [0.1, 0.15) is 5.75 Å². The number of rotatable bonds is 6. The molecule has 2 N–H and O–H groups in total. The van der Waals surface area contributed by atoms with Crippen LogP contribution in [0.1, 0.15) is 18.9 Å². The molecular formula is C17H21BrN2O. The van der Waals surface area contributed by atoms with Crippen molar-refractivity contribution in [3.05, 3.63) is 52.5 Å². The molecule has 3 nitrogen and oxygen atoms in total. The van der Waals surface area contributed by atoms with Crippen LogP contribution < -0.4 is 15.4 Å². The van der Waals surface area contributed by atoms with Crippen molar-refractivity contribution in [1.29, 1.82) is 0 Å². The first-order chi connectivity index (χ1) is 10.1. The van der Waals surface area contributed by atoms with Crippen molar-refractivity contribution in [1.82, 2.24) is 0 Å². The summed E-state index contributed by atoms with van der Waals surface area (Å²) in [6.45, 7) is 3.97. The molecule has 0 atom stereocenters. The minimum Gasteiger partial charge on any atom is -0.496 e. The van der Waals surface area contributed by atoms with Gasteiger partial charge in [0.15, 0.2) is 0 Å². The number of hydrogen-bond acceptors (Lipinski definition) is 3. The smallest absolute Gasteiger partial charge is 0.123 e. The first kappa shape index (κ1) is 15.7. The molecule has 0 radical (unpaired) electrons. The van der Waals surface area contributed by atoms with Gasteiger partial charge in [-0.3, -0.25) is 0 Å². The highest BCUT2D eigenvalue weighted by atomic mass is 79.9. The van der Waals surface area contributed by atoms with Gasteiger partial charge in [-0.05, 0) is 48.9 Å². The first-order valence-corrected chi connectivity index (χ1v) is 7.86. The number of nitrogen functional groups attached to an aromatic ring is 1. The zero-order chi connectivity index (χ0) is 15.2. The molecule has 0 saturated carbocycles. The van der Waals surface area contributed by atoms with E-state index in [9.17, 15) is 0 Å². The molecule has 4 heteroatoms. The van der Waals surface area contributed by atoms with Crippen molar-refractivity contribution in [2.75, 3.05) is 24.3 Å². The number of methoxy groups -OCH3 is 1. The summed E-state index contributed by atoms with van der Waals surface area (Å²) in [5.41, 5.74) is 8.90. The predicted molar refractivity (Wildman–Crippen MR) is 92.9 cm³/mol. The van der Waals surface area contributed by atoms with Crippen molar-refractivity contribution in [3.8, 4) is 5.75 Å². The van der Waals surface area contributed by atoms with E-state index in [1.165, 1.54) is 5.69 Å². The Morgan fingerprint density at radius 2 is 1.86 bits per heavy atom. The molecule has 0 aliphatic heterocycles. The topological polar surface area (TPSA) is 38.5 Å². The summed E-state index contributed by atoms with van der Waals surface area (Å²) in [4.78, 5) is 2.34. The SMILES string of the molecule is CCCN(Cc1cc(Br)ccc1OC)c1ccc(N)cc1. The van der Waals surface area contributed by atoms with Crippen LogP contribution in [0.2, 0.25) is 0 Å². The predicted octanol–water partition coefficient (Wildman–Crippen LogP) is 4.46. The van der Waals surface area contributed by atoms with Gasteiger partial charge in [0.05, 0.1) is 7.11 Å². The summed E-state index contributed by atoms with van der Waals surface area (Å²) in [7, 11) is 1.71. The molecule has 0 unspecified atom stereocenters. The Labute approximate surface area is 134 Å². The Morgan fingerprint density at radius 3 is 2.48 bits per heavy atom. The summed E-state index contributed by atoms with van der Waals surface area (Å²) in [6.07, 6.45) is 1.08. The lowest BCUT2D eigenvalue weighted by Crippen LogP contribution is -2.23. The number of anilines is 2. The molecule has 0 bridgehead atoms. The van der Waals surface area contributed by atoms with Crippen LogP contribution >= 0.6 is 15.9 Å². The molecule has 0 fully saturated rings. The normalized spacial score (nSPS) is 10.4. The second-order valence-electron chi connectivity index (χ2n) is 4.97. The highest BCUT2D eigenvalue weighted by molar-refractivity contribution is 9.10.